The van der Waals surface area contributed by atoms with E-state index >= 15 is 0 Å². The minimum Gasteiger partial charge on any atom is -0.495 e. The third kappa shape index (κ3) is 3.99. The Morgan fingerprint density at radius 2 is 1.94 bits per heavy atom. The molecule has 160 valence electrons. The van der Waals surface area contributed by atoms with E-state index in [1.165, 1.54) is 31.0 Å². The lowest BCUT2D eigenvalue weighted by Crippen LogP contribution is -2.24. The molecule has 1 aliphatic rings. The molecule has 2 N–H and O–H groups in total. The fourth-order valence-electron chi connectivity index (χ4n) is 3.60. The number of hydrogen-bond donors (Lipinski definition) is 2. The van der Waals surface area contributed by atoms with Crippen molar-refractivity contribution < 1.29 is 23.5 Å². The van der Waals surface area contributed by atoms with Gasteiger partial charge < -0.3 is 20.1 Å². The first kappa shape index (κ1) is 20.5. The Bertz CT molecular complexity index is 1130. The average Bonchev–Trinajstić information content (AvgIpc) is 3.24. The van der Waals surface area contributed by atoms with Crippen LogP contribution in [0.15, 0.2) is 48.5 Å². The maximum atomic E-state index is 13.4. The molecule has 0 saturated heterocycles. The molecule has 0 fully saturated rings. The molecular formula is C22H21FN4O4. The summed E-state index contributed by atoms with van der Waals surface area (Å²) < 4.78 is 25.4. The maximum Gasteiger partial charge on any atom is 0.251 e. The minimum atomic E-state index is -0.825. The molecule has 1 aromatic heterocycles. The monoisotopic (exact) mass is 424 g/mol. The first-order valence-electron chi connectivity index (χ1n) is 9.61. The molecule has 1 atom stereocenters. The Hall–Kier alpha value is -3.72. The van der Waals surface area contributed by atoms with Crippen molar-refractivity contribution in [1.82, 2.24) is 9.78 Å². The number of carbonyl (C=O) groups excluding carboxylic acids is 2. The zero-order chi connectivity index (χ0) is 22.0. The van der Waals surface area contributed by atoms with Crippen molar-refractivity contribution in [3.8, 4) is 16.9 Å². The SMILES string of the molecule is COCc1nn2c(c1-c1ccc(F)cc1)NC(=O)C2CC(=O)Nc1ccccc1OC. The number of hydrogen-bond acceptors (Lipinski definition) is 5. The van der Waals surface area contributed by atoms with Gasteiger partial charge in [-0.05, 0) is 29.8 Å². The molecule has 2 aromatic carbocycles. The summed E-state index contributed by atoms with van der Waals surface area (Å²) in [5.41, 5.74) is 2.43. The van der Waals surface area contributed by atoms with Crippen LogP contribution in [0.1, 0.15) is 18.2 Å². The van der Waals surface area contributed by atoms with Crippen LogP contribution in [0.25, 0.3) is 11.1 Å². The molecule has 0 spiro atoms. The van der Waals surface area contributed by atoms with Crippen LogP contribution in [-0.4, -0.2) is 35.8 Å². The summed E-state index contributed by atoms with van der Waals surface area (Å²) >= 11 is 0. The van der Waals surface area contributed by atoms with Crippen molar-refractivity contribution >= 4 is 23.3 Å². The number of anilines is 2. The fourth-order valence-corrected chi connectivity index (χ4v) is 3.60. The standard InChI is InChI=1S/C22H21FN4O4/c1-30-12-16-20(13-7-9-14(23)10-8-13)21-25-22(29)17(27(21)26-16)11-19(28)24-15-5-3-4-6-18(15)31-2/h3-10,17H,11-12H2,1-2H3,(H,24,28)(H,25,29). The maximum absolute atomic E-state index is 13.4. The lowest BCUT2D eigenvalue weighted by molar-refractivity contribution is -0.123. The summed E-state index contributed by atoms with van der Waals surface area (Å²) in [5, 5.41) is 10.1. The molecule has 3 aromatic rings. The van der Waals surface area contributed by atoms with Crippen LogP contribution in [0, 0.1) is 5.82 Å². The molecule has 0 bridgehead atoms. The van der Waals surface area contributed by atoms with Gasteiger partial charge in [-0.1, -0.05) is 24.3 Å². The van der Waals surface area contributed by atoms with Gasteiger partial charge in [-0.25, -0.2) is 9.07 Å². The van der Waals surface area contributed by atoms with Gasteiger partial charge in [-0.15, -0.1) is 0 Å². The summed E-state index contributed by atoms with van der Waals surface area (Å²) in [5.74, 6) is -0.0864. The average molecular weight is 424 g/mol. The van der Waals surface area contributed by atoms with Gasteiger partial charge in [0.15, 0.2) is 0 Å². The summed E-state index contributed by atoms with van der Waals surface area (Å²) in [7, 11) is 3.05. The summed E-state index contributed by atoms with van der Waals surface area (Å²) in [6.45, 7) is 0.197. The minimum absolute atomic E-state index is 0.117. The molecule has 2 heterocycles. The van der Waals surface area contributed by atoms with Gasteiger partial charge in [-0.3, -0.25) is 9.59 Å². The second kappa shape index (κ2) is 8.57. The van der Waals surface area contributed by atoms with Crippen LogP contribution < -0.4 is 15.4 Å². The number of para-hydroxylation sites is 2. The number of rotatable bonds is 7. The van der Waals surface area contributed by atoms with E-state index in [2.05, 4.69) is 15.7 Å². The molecule has 0 radical (unpaired) electrons. The highest BCUT2D eigenvalue weighted by Gasteiger charge is 2.37. The Morgan fingerprint density at radius 3 is 2.65 bits per heavy atom. The van der Waals surface area contributed by atoms with Crippen LogP contribution in [0.2, 0.25) is 0 Å². The van der Waals surface area contributed by atoms with Gasteiger partial charge in [0.1, 0.15) is 23.4 Å². The van der Waals surface area contributed by atoms with Crippen LogP contribution >= 0.6 is 0 Å². The molecule has 0 aliphatic carbocycles. The normalized spacial score (nSPS) is 14.8. The first-order valence-corrected chi connectivity index (χ1v) is 9.61. The van der Waals surface area contributed by atoms with E-state index in [1.807, 2.05) is 0 Å². The lowest BCUT2D eigenvalue weighted by atomic mass is 10.1. The van der Waals surface area contributed by atoms with Crippen LogP contribution in [0.3, 0.4) is 0 Å². The number of carbonyl (C=O) groups is 2. The second-order valence-electron chi connectivity index (χ2n) is 7.01. The number of fused-ring (bicyclic) bond motifs is 1. The highest BCUT2D eigenvalue weighted by atomic mass is 19.1. The van der Waals surface area contributed by atoms with Gasteiger partial charge >= 0.3 is 0 Å². The molecule has 8 nitrogen and oxygen atoms in total. The van der Waals surface area contributed by atoms with Gasteiger partial charge in [0.2, 0.25) is 5.91 Å². The van der Waals surface area contributed by atoms with E-state index in [1.54, 1.807) is 36.4 Å². The highest BCUT2D eigenvalue weighted by Crippen LogP contribution is 2.39. The fraction of sp³-hybridized carbons (Fsp3) is 0.227. The number of nitrogens with one attached hydrogen (secondary N) is 2. The van der Waals surface area contributed by atoms with Gasteiger partial charge in [-0.2, -0.15) is 5.10 Å². The van der Waals surface area contributed by atoms with Crippen molar-refractivity contribution in [3.63, 3.8) is 0 Å². The van der Waals surface area contributed by atoms with Crippen LogP contribution in [-0.2, 0) is 20.9 Å². The predicted molar refractivity (Wildman–Crippen MR) is 112 cm³/mol. The first-order chi connectivity index (χ1) is 15.0. The Labute approximate surface area is 178 Å². The van der Waals surface area contributed by atoms with Crippen molar-refractivity contribution in [2.45, 2.75) is 19.1 Å². The lowest BCUT2D eigenvalue weighted by Gasteiger charge is -2.12. The van der Waals surface area contributed by atoms with E-state index < -0.39 is 6.04 Å². The number of amides is 2. The van der Waals surface area contributed by atoms with Crippen molar-refractivity contribution in [1.29, 1.82) is 0 Å². The highest BCUT2D eigenvalue weighted by molar-refractivity contribution is 6.04. The topological polar surface area (TPSA) is 94.5 Å². The summed E-state index contributed by atoms with van der Waals surface area (Å²) in [4.78, 5) is 25.3. The van der Waals surface area contributed by atoms with E-state index in [0.29, 0.717) is 34.1 Å². The molecule has 31 heavy (non-hydrogen) atoms. The van der Waals surface area contributed by atoms with Crippen molar-refractivity contribution in [2.24, 2.45) is 0 Å². The number of aromatic nitrogens is 2. The second-order valence-corrected chi connectivity index (χ2v) is 7.01. The third-order valence-electron chi connectivity index (χ3n) is 5.00. The quantitative estimate of drug-likeness (QED) is 0.607. The summed E-state index contributed by atoms with van der Waals surface area (Å²) in [6.07, 6.45) is -0.117. The molecule has 4 rings (SSSR count). The van der Waals surface area contributed by atoms with Crippen molar-refractivity contribution in [3.05, 3.63) is 60.0 Å². The number of benzene rings is 2. The molecule has 1 aliphatic heterocycles. The molecule has 0 saturated carbocycles. The van der Waals surface area contributed by atoms with Crippen molar-refractivity contribution in [2.75, 3.05) is 24.9 Å². The Morgan fingerprint density at radius 1 is 1.19 bits per heavy atom. The number of nitrogens with zero attached hydrogens (tertiary/aromatic N) is 2. The number of ether oxygens (including phenoxy) is 2. The largest absolute Gasteiger partial charge is 0.495 e. The zero-order valence-corrected chi connectivity index (χ0v) is 17.0. The molecule has 9 heteroatoms. The van der Waals surface area contributed by atoms with Gasteiger partial charge in [0.05, 0.1) is 31.5 Å². The number of methoxy groups -OCH3 is 2. The Kier molecular flexibility index (Phi) is 5.68. The Balaban J connectivity index is 1.62. The van der Waals surface area contributed by atoms with Crippen LogP contribution in [0.5, 0.6) is 5.75 Å². The van der Waals surface area contributed by atoms with E-state index in [-0.39, 0.29) is 30.7 Å². The molecule has 2 amide bonds. The van der Waals surface area contributed by atoms with E-state index in [4.69, 9.17) is 9.47 Å². The van der Waals surface area contributed by atoms with Crippen LogP contribution in [0.4, 0.5) is 15.9 Å². The predicted octanol–water partition coefficient (Wildman–Crippen LogP) is 3.37. The number of halogens is 1. The van der Waals surface area contributed by atoms with Gasteiger partial charge in [0.25, 0.3) is 5.91 Å². The van der Waals surface area contributed by atoms with E-state index in [0.717, 1.165) is 0 Å². The molecule has 1 unspecified atom stereocenters. The summed E-state index contributed by atoms with van der Waals surface area (Å²) in [6, 6.07) is 12.1. The zero-order valence-electron chi connectivity index (χ0n) is 17.0. The van der Waals surface area contributed by atoms with Gasteiger partial charge in [0, 0.05) is 12.7 Å². The smallest absolute Gasteiger partial charge is 0.251 e. The molecular weight excluding hydrogens is 403 g/mol. The van der Waals surface area contributed by atoms with E-state index in [9.17, 15) is 14.0 Å². The third-order valence-corrected chi connectivity index (χ3v) is 5.00.